The Morgan fingerprint density at radius 3 is 2.37 bits per heavy atom. The SMILES string of the molecule is N#CC(C#N)(CCC(F)(F)F)Cn1ccc(C=O)n1. The van der Waals surface area contributed by atoms with Gasteiger partial charge in [-0.2, -0.15) is 28.8 Å². The van der Waals surface area contributed by atoms with Gasteiger partial charge in [0.25, 0.3) is 0 Å². The lowest BCUT2D eigenvalue weighted by Crippen LogP contribution is -2.26. The Kier molecular flexibility index (Phi) is 4.28. The summed E-state index contributed by atoms with van der Waals surface area (Å²) in [6, 6.07) is 4.55. The summed E-state index contributed by atoms with van der Waals surface area (Å²) < 4.78 is 37.6. The maximum atomic E-state index is 12.2. The molecule has 0 aliphatic heterocycles. The topological polar surface area (TPSA) is 82.5 Å². The summed E-state index contributed by atoms with van der Waals surface area (Å²) in [5.41, 5.74) is -1.73. The maximum Gasteiger partial charge on any atom is 0.389 e. The van der Waals surface area contributed by atoms with Crippen molar-refractivity contribution in [1.29, 1.82) is 10.5 Å². The molecule has 100 valence electrons. The Labute approximate surface area is 106 Å². The number of nitriles is 2. The summed E-state index contributed by atoms with van der Waals surface area (Å²) in [6.45, 7) is -0.316. The molecule has 0 amide bonds. The van der Waals surface area contributed by atoms with E-state index in [0.29, 0.717) is 6.29 Å². The van der Waals surface area contributed by atoms with E-state index >= 15 is 0 Å². The van der Waals surface area contributed by atoms with Crippen molar-refractivity contribution in [2.45, 2.75) is 25.6 Å². The van der Waals surface area contributed by atoms with E-state index in [2.05, 4.69) is 5.10 Å². The van der Waals surface area contributed by atoms with E-state index in [1.54, 1.807) is 12.1 Å². The van der Waals surface area contributed by atoms with Crippen LogP contribution in [0.1, 0.15) is 23.3 Å². The number of halogens is 3. The van der Waals surface area contributed by atoms with Crippen LogP contribution >= 0.6 is 0 Å². The minimum absolute atomic E-state index is 0.0839. The third-order valence-electron chi connectivity index (χ3n) is 2.48. The first-order valence-electron chi connectivity index (χ1n) is 5.22. The van der Waals surface area contributed by atoms with E-state index in [0.717, 1.165) is 4.68 Å². The van der Waals surface area contributed by atoms with Gasteiger partial charge in [0.1, 0.15) is 5.69 Å². The van der Waals surface area contributed by atoms with Crippen molar-refractivity contribution in [3.8, 4) is 12.1 Å². The molecule has 1 aromatic rings. The van der Waals surface area contributed by atoms with Gasteiger partial charge in [-0.15, -0.1) is 0 Å². The maximum absolute atomic E-state index is 12.2. The van der Waals surface area contributed by atoms with Crippen molar-refractivity contribution in [1.82, 2.24) is 9.78 Å². The lowest BCUT2D eigenvalue weighted by Gasteiger charge is -2.19. The van der Waals surface area contributed by atoms with Gasteiger partial charge in [-0.25, -0.2) is 0 Å². The first-order valence-corrected chi connectivity index (χ1v) is 5.22. The predicted octanol–water partition coefficient (Wildman–Crippen LogP) is 2.07. The first kappa shape index (κ1) is 14.7. The van der Waals surface area contributed by atoms with Gasteiger partial charge in [0, 0.05) is 12.6 Å². The number of alkyl halides is 3. The quantitative estimate of drug-likeness (QED) is 0.767. The zero-order valence-corrected chi connectivity index (χ0v) is 9.68. The second kappa shape index (κ2) is 5.53. The fourth-order valence-electron chi connectivity index (χ4n) is 1.45. The average Bonchev–Trinajstić information content (AvgIpc) is 2.81. The highest BCUT2D eigenvalue weighted by atomic mass is 19.4. The molecule has 1 aromatic heterocycles. The Hall–Kier alpha value is -2.35. The van der Waals surface area contributed by atoms with Crippen LogP contribution in [0.5, 0.6) is 0 Å². The molecule has 5 nitrogen and oxygen atoms in total. The van der Waals surface area contributed by atoms with E-state index in [-0.39, 0.29) is 12.2 Å². The van der Waals surface area contributed by atoms with E-state index < -0.39 is 24.4 Å². The lowest BCUT2D eigenvalue weighted by atomic mass is 9.86. The highest BCUT2D eigenvalue weighted by Gasteiger charge is 2.37. The van der Waals surface area contributed by atoms with Gasteiger partial charge >= 0.3 is 6.18 Å². The third-order valence-corrected chi connectivity index (χ3v) is 2.48. The summed E-state index contributed by atoms with van der Waals surface area (Å²) >= 11 is 0. The number of carbonyl (C=O) groups is 1. The fraction of sp³-hybridized carbons (Fsp3) is 0.455. The molecular formula is C11H9F3N4O. The van der Waals surface area contributed by atoms with Crippen LogP contribution in [0.3, 0.4) is 0 Å². The van der Waals surface area contributed by atoms with Crippen LogP contribution in [0.25, 0.3) is 0 Å². The lowest BCUT2D eigenvalue weighted by molar-refractivity contribution is -0.138. The van der Waals surface area contributed by atoms with E-state index in [1.807, 2.05) is 0 Å². The van der Waals surface area contributed by atoms with Crippen molar-refractivity contribution in [2.24, 2.45) is 5.41 Å². The number of rotatable bonds is 5. The van der Waals surface area contributed by atoms with Gasteiger partial charge in [-0.05, 0) is 12.5 Å². The predicted molar refractivity (Wildman–Crippen MR) is 56.6 cm³/mol. The highest BCUT2D eigenvalue weighted by Crippen LogP contribution is 2.31. The number of aromatic nitrogens is 2. The molecule has 0 radical (unpaired) electrons. The molecule has 0 aliphatic rings. The standard InChI is InChI=1S/C11H9F3N4O/c12-11(13,14)3-2-10(6-15,7-16)8-18-4-1-9(5-19)17-18/h1,4-5H,2-3,8H2. The molecular weight excluding hydrogens is 261 g/mol. The summed E-state index contributed by atoms with van der Waals surface area (Å²) in [6.07, 6.45) is -4.50. The molecule has 0 unspecified atom stereocenters. The van der Waals surface area contributed by atoms with Crippen molar-refractivity contribution in [3.05, 3.63) is 18.0 Å². The largest absolute Gasteiger partial charge is 0.389 e. The zero-order valence-electron chi connectivity index (χ0n) is 9.68. The zero-order chi connectivity index (χ0) is 14.5. The molecule has 0 aliphatic carbocycles. The Morgan fingerprint density at radius 2 is 1.95 bits per heavy atom. The van der Waals surface area contributed by atoms with Crippen LogP contribution in [0.4, 0.5) is 13.2 Å². The van der Waals surface area contributed by atoms with Gasteiger partial charge in [0.05, 0.1) is 18.7 Å². The molecule has 0 N–H and O–H groups in total. The number of aldehydes is 1. The van der Waals surface area contributed by atoms with Gasteiger partial charge in [-0.1, -0.05) is 0 Å². The third kappa shape index (κ3) is 4.11. The minimum Gasteiger partial charge on any atom is -0.296 e. The molecule has 0 bridgehead atoms. The smallest absolute Gasteiger partial charge is 0.296 e. The summed E-state index contributed by atoms with van der Waals surface area (Å²) in [7, 11) is 0. The molecule has 1 rings (SSSR count). The molecule has 8 heteroatoms. The Balaban J connectivity index is 2.85. The van der Waals surface area contributed by atoms with Gasteiger partial charge < -0.3 is 0 Å². The van der Waals surface area contributed by atoms with Crippen LogP contribution in [-0.2, 0) is 6.54 Å². The van der Waals surface area contributed by atoms with Gasteiger partial charge in [0.15, 0.2) is 11.7 Å². The number of hydrogen-bond acceptors (Lipinski definition) is 4. The average molecular weight is 270 g/mol. The van der Waals surface area contributed by atoms with Crippen molar-refractivity contribution >= 4 is 6.29 Å². The molecule has 19 heavy (non-hydrogen) atoms. The van der Waals surface area contributed by atoms with Crippen LogP contribution < -0.4 is 0 Å². The van der Waals surface area contributed by atoms with Gasteiger partial charge in [-0.3, -0.25) is 9.48 Å². The molecule has 0 fully saturated rings. The van der Waals surface area contributed by atoms with Gasteiger partial charge in [0.2, 0.25) is 0 Å². The van der Waals surface area contributed by atoms with Crippen LogP contribution in [0, 0.1) is 28.1 Å². The summed E-state index contributed by atoms with van der Waals surface area (Å²) in [5.74, 6) is 0. The molecule has 0 atom stereocenters. The van der Waals surface area contributed by atoms with Crippen molar-refractivity contribution < 1.29 is 18.0 Å². The minimum atomic E-state index is -4.43. The molecule has 0 saturated carbocycles. The molecule has 0 saturated heterocycles. The number of carbonyl (C=O) groups excluding carboxylic acids is 1. The van der Waals surface area contributed by atoms with Crippen molar-refractivity contribution in [3.63, 3.8) is 0 Å². The highest BCUT2D eigenvalue weighted by molar-refractivity contribution is 5.71. The Morgan fingerprint density at radius 1 is 1.32 bits per heavy atom. The fourth-order valence-corrected chi connectivity index (χ4v) is 1.45. The van der Waals surface area contributed by atoms with Crippen LogP contribution in [-0.4, -0.2) is 22.2 Å². The monoisotopic (exact) mass is 270 g/mol. The molecule has 1 heterocycles. The Bertz CT molecular complexity index is 521. The first-order chi connectivity index (χ1) is 8.84. The molecule has 0 spiro atoms. The normalized spacial score (nSPS) is 11.6. The summed E-state index contributed by atoms with van der Waals surface area (Å²) in [4.78, 5) is 10.4. The van der Waals surface area contributed by atoms with E-state index in [4.69, 9.17) is 10.5 Å². The number of hydrogen-bond donors (Lipinski definition) is 0. The van der Waals surface area contributed by atoms with E-state index in [9.17, 15) is 18.0 Å². The van der Waals surface area contributed by atoms with Crippen molar-refractivity contribution in [2.75, 3.05) is 0 Å². The molecule has 0 aromatic carbocycles. The van der Waals surface area contributed by atoms with E-state index in [1.165, 1.54) is 12.3 Å². The van der Waals surface area contributed by atoms with Crippen LogP contribution in [0.2, 0.25) is 0 Å². The second-order valence-corrected chi connectivity index (χ2v) is 3.98. The van der Waals surface area contributed by atoms with Crippen LogP contribution in [0.15, 0.2) is 12.3 Å². The summed E-state index contributed by atoms with van der Waals surface area (Å²) in [5, 5.41) is 21.6. The number of nitrogens with zero attached hydrogens (tertiary/aromatic N) is 4. The second-order valence-electron chi connectivity index (χ2n) is 3.98.